The molecule has 1 fully saturated rings. The van der Waals surface area contributed by atoms with E-state index < -0.39 is 0 Å². The maximum absolute atomic E-state index is 13.7. The highest BCUT2D eigenvalue weighted by atomic mass is 19.1. The highest BCUT2D eigenvalue weighted by Gasteiger charge is 2.25. The molecule has 0 saturated carbocycles. The predicted octanol–water partition coefficient (Wildman–Crippen LogP) is 0.762. The van der Waals surface area contributed by atoms with Crippen LogP contribution in [0, 0.1) is 5.82 Å². The number of hydrogen-bond donors (Lipinski definition) is 1. The summed E-state index contributed by atoms with van der Waals surface area (Å²) in [6.07, 6.45) is 3.26. The van der Waals surface area contributed by atoms with Gasteiger partial charge in [-0.2, -0.15) is 0 Å². The van der Waals surface area contributed by atoms with E-state index in [2.05, 4.69) is 4.98 Å². The largest absolute Gasteiger partial charge is 0.328 e. The smallest absolute Gasteiger partial charge is 0.254 e. The number of nitrogens with one attached hydrogen (secondary N) is 1. The molecule has 114 valence electrons. The predicted molar refractivity (Wildman–Crippen MR) is 80.9 cm³/mol. The maximum atomic E-state index is 13.7. The van der Waals surface area contributed by atoms with Gasteiger partial charge in [0.25, 0.3) is 5.91 Å². The number of hydrogen-bond acceptors (Lipinski definition) is 2. The molecule has 0 unspecified atom stereocenters. The third-order valence-corrected chi connectivity index (χ3v) is 4.08. The van der Waals surface area contributed by atoms with Crippen molar-refractivity contribution in [3.05, 3.63) is 65.7 Å². The van der Waals surface area contributed by atoms with Crippen LogP contribution >= 0.6 is 0 Å². The van der Waals surface area contributed by atoms with Gasteiger partial charge in [-0.1, -0.05) is 18.2 Å². The zero-order valence-electron chi connectivity index (χ0n) is 12.3. The minimum absolute atomic E-state index is 0.0485. The molecule has 0 bridgehead atoms. The lowest BCUT2D eigenvalue weighted by Crippen LogP contribution is -3.13. The number of aromatic nitrogens is 1. The molecule has 0 radical (unpaired) electrons. The Morgan fingerprint density at radius 1 is 1.14 bits per heavy atom. The Morgan fingerprint density at radius 2 is 1.82 bits per heavy atom. The van der Waals surface area contributed by atoms with E-state index in [-0.39, 0.29) is 11.7 Å². The topological polar surface area (TPSA) is 37.6 Å². The molecule has 2 heterocycles. The molecule has 22 heavy (non-hydrogen) atoms. The maximum Gasteiger partial charge on any atom is 0.254 e. The van der Waals surface area contributed by atoms with Gasteiger partial charge in [0.05, 0.1) is 26.2 Å². The Hall–Kier alpha value is -2.27. The molecule has 1 saturated heterocycles. The molecule has 1 aliphatic heterocycles. The number of carbonyl (C=O) groups excluding carboxylic acids is 1. The van der Waals surface area contributed by atoms with Gasteiger partial charge in [0.15, 0.2) is 0 Å². The number of benzene rings is 1. The van der Waals surface area contributed by atoms with Crippen LogP contribution in [0.25, 0.3) is 0 Å². The second-order valence-electron chi connectivity index (χ2n) is 5.55. The minimum atomic E-state index is -0.148. The lowest BCUT2D eigenvalue weighted by molar-refractivity contribution is -0.917. The average molecular weight is 300 g/mol. The van der Waals surface area contributed by atoms with Crippen molar-refractivity contribution >= 4 is 5.91 Å². The van der Waals surface area contributed by atoms with Crippen LogP contribution in [-0.4, -0.2) is 42.0 Å². The second-order valence-corrected chi connectivity index (χ2v) is 5.55. The van der Waals surface area contributed by atoms with E-state index >= 15 is 0 Å². The first kappa shape index (κ1) is 14.7. The summed E-state index contributed by atoms with van der Waals surface area (Å²) >= 11 is 0. The molecule has 0 spiro atoms. The lowest BCUT2D eigenvalue weighted by atomic mass is 10.1. The van der Waals surface area contributed by atoms with Gasteiger partial charge in [-0.3, -0.25) is 9.78 Å². The summed E-state index contributed by atoms with van der Waals surface area (Å²) in [4.78, 5) is 19.4. The first-order valence-electron chi connectivity index (χ1n) is 7.50. The second kappa shape index (κ2) is 6.66. The number of quaternary nitrogens is 1. The highest BCUT2D eigenvalue weighted by Crippen LogP contribution is 2.06. The standard InChI is InChI=1S/C17H18FN3O/c18-16-4-2-1-3-15(16)13-20-9-11-21(12-10-20)17(22)14-5-7-19-8-6-14/h1-8H,9-13H2/p+1. The zero-order chi connectivity index (χ0) is 15.4. The van der Waals surface area contributed by atoms with E-state index in [0.717, 1.165) is 18.7 Å². The molecule has 2 aromatic rings. The Labute approximate surface area is 129 Å². The summed E-state index contributed by atoms with van der Waals surface area (Å²) in [5.41, 5.74) is 1.42. The van der Waals surface area contributed by atoms with Gasteiger partial charge < -0.3 is 9.80 Å². The molecule has 5 heteroatoms. The SMILES string of the molecule is O=C(c1ccncc1)N1CC[NH+](Cc2ccccc2F)CC1. The summed E-state index contributed by atoms with van der Waals surface area (Å²) in [5.74, 6) is -0.0994. The Balaban J connectivity index is 1.57. The Morgan fingerprint density at radius 3 is 2.50 bits per heavy atom. The molecule has 1 aromatic carbocycles. The van der Waals surface area contributed by atoms with Crippen molar-refractivity contribution in [2.45, 2.75) is 6.54 Å². The minimum Gasteiger partial charge on any atom is -0.328 e. The number of amides is 1. The van der Waals surface area contributed by atoms with Gasteiger partial charge in [-0.05, 0) is 18.2 Å². The van der Waals surface area contributed by atoms with E-state index in [1.54, 1.807) is 30.6 Å². The van der Waals surface area contributed by atoms with Gasteiger partial charge in [0, 0.05) is 23.5 Å². The fraction of sp³-hybridized carbons (Fsp3) is 0.294. The third-order valence-electron chi connectivity index (χ3n) is 4.08. The number of carbonyl (C=O) groups is 1. The van der Waals surface area contributed by atoms with Crippen LogP contribution in [-0.2, 0) is 6.54 Å². The lowest BCUT2D eigenvalue weighted by Gasteiger charge is -2.32. The third kappa shape index (κ3) is 3.31. The van der Waals surface area contributed by atoms with Gasteiger partial charge in [0.1, 0.15) is 12.4 Å². The van der Waals surface area contributed by atoms with Crippen molar-refractivity contribution in [3.8, 4) is 0 Å². The summed E-state index contributed by atoms with van der Waals surface area (Å²) in [6, 6.07) is 10.4. The summed E-state index contributed by atoms with van der Waals surface area (Å²) in [7, 11) is 0. The first-order chi connectivity index (χ1) is 10.7. The van der Waals surface area contributed by atoms with Crippen LogP contribution < -0.4 is 4.90 Å². The molecule has 1 aromatic heterocycles. The molecule has 4 nitrogen and oxygen atoms in total. The van der Waals surface area contributed by atoms with Gasteiger partial charge in [0.2, 0.25) is 0 Å². The van der Waals surface area contributed by atoms with E-state index in [1.807, 2.05) is 17.0 Å². The fourth-order valence-electron chi connectivity index (χ4n) is 2.79. The molecular formula is C17H19FN3O+. The number of pyridine rings is 1. The first-order valence-corrected chi connectivity index (χ1v) is 7.50. The van der Waals surface area contributed by atoms with E-state index in [4.69, 9.17) is 0 Å². The molecule has 1 amide bonds. The quantitative estimate of drug-likeness (QED) is 0.909. The summed E-state index contributed by atoms with van der Waals surface area (Å²) in [5, 5.41) is 0. The van der Waals surface area contributed by atoms with Crippen molar-refractivity contribution in [2.24, 2.45) is 0 Å². The molecular weight excluding hydrogens is 281 g/mol. The van der Waals surface area contributed by atoms with Crippen LogP contribution in [0.2, 0.25) is 0 Å². The average Bonchev–Trinajstić information content (AvgIpc) is 2.58. The van der Waals surface area contributed by atoms with E-state index in [9.17, 15) is 9.18 Å². The van der Waals surface area contributed by atoms with Crippen molar-refractivity contribution < 1.29 is 14.1 Å². The Kier molecular flexibility index (Phi) is 4.44. The molecule has 1 N–H and O–H groups in total. The van der Waals surface area contributed by atoms with Gasteiger partial charge in [-0.25, -0.2) is 4.39 Å². The van der Waals surface area contributed by atoms with Gasteiger partial charge >= 0.3 is 0 Å². The van der Waals surface area contributed by atoms with Crippen molar-refractivity contribution in [2.75, 3.05) is 26.2 Å². The number of nitrogens with zero attached hydrogens (tertiary/aromatic N) is 2. The molecule has 1 aliphatic rings. The van der Waals surface area contributed by atoms with Crippen LogP contribution in [0.1, 0.15) is 15.9 Å². The van der Waals surface area contributed by atoms with E-state index in [0.29, 0.717) is 25.2 Å². The Bertz CT molecular complexity index is 639. The van der Waals surface area contributed by atoms with Crippen molar-refractivity contribution in [3.63, 3.8) is 0 Å². The van der Waals surface area contributed by atoms with Gasteiger partial charge in [-0.15, -0.1) is 0 Å². The molecule has 0 atom stereocenters. The van der Waals surface area contributed by atoms with Crippen LogP contribution in [0.5, 0.6) is 0 Å². The molecule has 0 aliphatic carbocycles. The summed E-state index contributed by atoms with van der Waals surface area (Å²) < 4.78 is 13.7. The van der Waals surface area contributed by atoms with Crippen LogP contribution in [0.15, 0.2) is 48.8 Å². The summed E-state index contributed by atoms with van der Waals surface area (Å²) in [6.45, 7) is 3.75. The number of halogens is 1. The van der Waals surface area contributed by atoms with Crippen molar-refractivity contribution in [1.29, 1.82) is 0 Å². The highest BCUT2D eigenvalue weighted by molar-refractivity contribution is 5.94. The van der Waals surface area contributed by atoms with Crippen LogP contribution in [0.3, 0.4) is 0 Å². The normalized spacial score (nSPS) is 15.8. The van der Waals surface area contributed by atoms with Crippen LogP contribution in [0.4, 0.5) is 4.39 Å². The zero-order valence-corrected chi connectivity index (χ0v) is 12.3. The fourth-order valence-corrected chi connectivity index (χ4v) is 2.79. The molecule has 3 rings (SSSR count). The number of rotatable bonds is 3. The monoisotopic (exact) mass is 300 g/mol. The van der Waals surface area contributed by atoms with Crippen molar-refractivity contribution in [1.82, 2.24) is 9.88 Å². The number of piperazine rings is 1. The van der Waals surface area contributed by atoms with E-state index in [1.165, 1.54) is 11.0 Å².